The number of hydrogen-bond donors (Lipinski definition) is 1. The normalized spacial score (nSPS) is 15.9. The van der Waals surface area contributed by atoms with Crippen LogP contribution in [0.2, 0.25) is 0 Å². The van der Waals surface area contributed by atoms with Crippen molar-refractivity contribution in [2.75, 3.05) is 38.5 Å². The molecule has 0 aliphatic carbocycles. The Morgan fingerprint density at radius 2 is 1.89 bits per heavy atom. The molecular weight excluding hydrogens is 361 g/mol. The van der Waals surface area contributed by atoms with E-state index < -0.39 is 0 Å². The highest BCUT2D eigenvalue weighted by Gasteiger charge is 2.15. The zero-order chi connectivity index (χ0) is 18.8. The molecule has 4 rings (SSSR count). The lowest BCUT2D eigenvalue weighted by atomic mass is 10.1. The average Bonchev–Trinajstić information content (AvgIpc) is 3.10. The zero-order valence-electron chi connectivity index (χ0n) is 15.2. The summed E-state index contributed by atoms with van der Waals surface area (Å²) in [7, 11) is 2.15. The summed E-state index contributed by atoms with van der Waals surface area (Å²) in [5, 5.41) is 3.44. The number of thiophene rings is 1. The lowest BCUT2D eigenvalue weighted by Gasteiger charge is -2.32. The van der Waals surface area contributed by atoms with Gasteiger partial charge in [0.05, 0.1) is 4.88 Å². The van der Waals surface area contributed by atoms with Crippen molar-refractivity contribution < 1.29 is 9.18 Å². The minimum absolute atomic E-state index is 0.202. The van der Waals surface area contributed by atoms with Crippen molar-refractivity contribution in [3.63, 3.8) is 0 Å². The maximum atomic E-state index is 13.9. The van der Waals surface area contributed by atoms with Gasteiger partial charge in [-0.2, -0.15) is 0 Å². The number of halogens is 1. The summed E-state index contributed by atoms with van der Waals surface area (Å²) < 4.78 is 14.6. The lowest BCUT2D eigenvalue weighted by molar-refractivity contribution is 0.103. The van der Waals surface area contributed by atoms with Crippen molar-refractivity contribution in [3.05, 3.63) is 64.8 Å². The largest absolute Gasteiger partial charge is 0.321 e. The van der Waals surface area contributed by atoms with Crippen LogP contribution in [-0.2, 0) is 6.54 Å². The number of nitrogens with zero attached hydrogens (tertiary/aromatic N) is 2. The number of benzene rings is 2. The van der Waals surface area contributed by atoms with Gasteiger partial charge < -0.3 is 10.2 Å². The molecule has 6 heteroatoms. The molecule has 0 atom stereocenters. The first kappa shape index (κ1) is 18.1. The van der Waals surface area contributed by atoms with Crippen molar-refractivity contribution in [1.29, 1.82) is 0 Å². The van der Waals surface area contributed by atoms with Crippen LogP contribution in [0, 0.1) is 5.82 Å². The van der Waals surface area contributed by atoms with Crippen molar-refractivity contribution >= 4 is 33.0 Å². The molecule has 4 nitrogen and oxygen atoms in total. The van der Waals surface area contributed by atoms with Crippen LogP contribution in [0.25, 0.3) is 10.1 Å². The molecule has 0 unspecified atom stereocenters. The van der Waals surface area contributed by atoms with Crippen LogP contribution in [-0.4, -0.2) is 48.9 Å². The third kappa shape index (κ3) is 4.18. The quantitative estimate of drug-likeness (QED) is 0.739. The highest BCUT2D eigenvalue weighted by Crippen LogP contribution is 2.28. The number of anilines is 1. The summed E-state index contributed by atoms with van der Waals surface area (Å²) in [4.78, 5) is 17.9. The number of carbonyl (C=O) groups excluding carboxylic acids is 1. The van der Waals surface area contributed by atoms with Gasteiger partial charge in [-0.3, -0.25) is 9.69 Å². The van der Waals surface area contributed by atoms with Crippen LogP contribution in [0.15, 0.2) is 48.5 Å². The van der Waals surface area contributed by atoms with Crippen molar-refractivity contribution in [3.8, 4) is 0 Å². The molecule has 1 aliphatic rings. The van der Waals surface area contributed by atoms with E-state index in [1.54, 1.807) is 12.1 Å². The summed E-state index contributed by atoms with van der Waals surface area (Å²) in [6.45, 7) is 5.16. The van der Waals surface area contributed by atoms with Crippen LogP contribution < -0.4 is 5.32 Å². The number of fused-ring (bicyclic) bond motifs is 1. The van der Waals surface area contributed by atoms with Crippen molar-refractivity contribution in [2.45, 2.75) is 6.54 Å². The Kier molecular flexibility index (Phi) is 5.20. The van der Waals surface area contributed by atoms with Crippen LogP contribution in [0.3, 0.4) is 0 Å². The van der Waals surface area contributed by atoms with Gasteiger partial charge in [0, 0.05) is 48.5 Å². The first-order chi connectivity index (χ1) is 13.1. The Balaban J connectivity index is 1.45. The smallest absolute Gasteiger partial charge is 0.265 e. The molecule has 0 spiro atoms. The fraction of sp³-hybridized carbons (Fsp3) is 0.286. The Labute approximate surface area is 162 Å². The first-order valence-electron chi connectivity index (χ1n) is 9.08. The summed E-state index contributed by atoms with van der Waals surface area (Å²) in [5.74, 6) is -0.496. The first-order valence-corrected chi connectivity index (χ1v) is 9.89. The summed E-state index contributed by atoms with van der Waals surface area (Å²) in [5.41, 5.74) is 1.95. The topological polar surface area (TPSA) is 35.6 Å². The highest BCUT2D eigenvalue weighted by molar-refractivity contribution is 7.20. The summed E-state index contributed by atoms with van der Waals surface area (Å²) in [6.07, 6.45) is 0. The van der Waals surface area contributed by atoms with Gasteiger partial charge in [-0.1, -0.05) is 18.2 Å². The molecule has 1 aromatic heterocycles. The number of nitrogens with one attached hydrogen (secondary N) is 1. The van der Waals surface area contributed by atoms with Crippen LogP contribution in [0.1, 0.15) is 15.2 Å². The minimum Gasteiger partial charge on any atom is -0.321 e. The van der Waals surface area contributed by atoms with Crippen molar-refractivity contribution in [1.82, 2.24) is 9.80 Å². The van der Waals surface area contributed by atoms with E-state index in [1.807, 2.05) is 24.3 Å². The molecule has 1 amide bonds. The number of likely N-dealkylation sites (N-methyl/N-ethyl adjacent to an activating group) is 1. The molecule has 1 fully saturated rings. The molecule has 1 saturated heterocycles. The van der Waals surface area contributed by atoms with Gasteiger partial charge in [-0.15, -0.1) is 11.3 Å². The molecule has 140 valence electrons. The van der Waals surface area contributed by atoms with E-state index in [1.165, 1.54) is 23.0 Å². The van der Waals surface area contributed by atoms with Crippen LogP contribution in [0.5, 0.6) is 0 Å². The molecule has 3 aromatic rings. The Morgan fingerprint density at radius 3 is 2.67 bits per heavy atom. The van der Waals surface area contributed by atoms with Crippen molar-refractivity contribution in [2.24, 2.45) is 0 Å². The van der Waals surface area contributed by atoms with E-state index in [0.29, 0.717) is 10.3 Å². The van der Waals surface area contributed by atoms with Gasteiger partial charge >= 0.3 is 0 Å². The second kappa shape index (κ2) is 7.76. The van der Waals surface area contributed by atoms with Crippen LogP contribution >= 0.6 is 11.3 Å². The molecule has 0 bridgehead atoms. The van der Waals surface area contributed by atoms with Gasteiger partial charge in [-0.05, 0) is 42.9 Å². The van der Waals surface area contributed by atoms with E-state index in [2.05, 4.69) is 28.2 Å². The third-order valence-electron chi connectivity index (χ3n) is 4.92. The van der Waals surface area contributed by atoms with Crippen LogP contribution in [0.4, 0.5) is 10.1 Å². The average molecular weight is 383 g/mol. The van der Waals surface area contributed by atoms with E-state index >= 15 is 0 Å². The van der Waals surface area contributed by atoms with Gasteiger partial charge in [0.1, 0.15) is 5.82 Å². The van der Waals surface area contributed by atoms with E-state index in [-0.39, 0.29) is 11.7 Å². The Morgan fingerprint density at radius 1 is 1.11 bits per heavy atom. The number of amides is 1. The number of hydrogen-bond acceptors (Lipinski definition) is 4. The molecule has 1 N–H and O–H groups in total. The maximum absolute atomic E-state index is 13.9. The highest BCUT2D eigenvalue weighted by atomic mass is 32.1. The maximum Gasteiger partial charge on any atom is 0.265 e. The molecule has 0 saturated carbocycles. The standard InChI is InChI=1S/C21H22FN3OS/c1-24-8-10-25(11-9-24)14-15-4-2-5-16(12-15)23-21(26)20-13-17-18(22)6-3-7-19(17)27-20/h2-7,12-13H,8-11,14H2,1H3,(H,23,26). The second-order valence-electron chi connectivity index (χ2n) is 7.00. The van der Waals surface area contributed by atoms with Gasteiger partial charge in [0.15, 0.2) is 0 Å². The molecule has 27 heavy (non-hydrogen) atoms. The SMILES string of the molecule is CN1CCN(Cc2cccc(NC(=O)c3cc4c(F)cccc4s3)c2)CC1. The Bertz CT molecular complexity index is 963. The fourth-order valence-corrected chi connectivity index (χ4v) is 4.31. The predicted molar refractivity (Wildman–Crippen MR) is 109 cm³/mol. The van der Waals surface area contributed by atoms with Gasteiger partial charge in [-0.25, -0.2) is 4.39 Å². The van der Waals surface area contributed by atoms with E-state index in [9.17, 15) is 9.18 Å². The summed E-state index contributed by atoms with van der Waals surface area (Å²) in [6, 6.07) is 14.5. The Hall–Kier alpha value is -2.28. The number of carbonyl (C=O) groups is 1. The monoisotopic (exact) mass is 383 g/mol. The number of rotatable bonds is 4. The lowest BCUT2D eigenvalue weighted by Crippen LogP contribution is -2.43. The zero-order valence-corrected chi connectivity index (χ0v) is 16.1. The van der Waals surface area contributed by atoms with E-state index in [4.69, 9.17) is 0 Å². The summed E-state index contributed by atoms with van der Waals surface area (Å²) >= 11 is 1.31. The predicted octanol–water partition coefficient (Wildman–Crippen LogP) is 4.04. The fourth-order valence-electron chi connectivity index (χ4n) is 3.34. The third-order valence-corrected chi connectivity index (χ3v) is 6.02. The second-order valence-corrected chi connectivity index (χ2v) is 8.08. The minimum atomic E-state index is -0.294. The molecular formula is C21H22FN3OS. The van der Waals surface area contributed by atoms with Gasteiger partial charge in [0.2, 0.25) is 0 Å². The molecule has 0 radical (unpaired) electrons. The van der Waals surface area contributed by atoms with Gasteiger partial charge in [0.25, 0.3) is 5.91 Å². The molecule has 2 aromatic carbocycles. The van der Waals surface area contributed by atoms with E-state index in [0.717, 1.165) is 43.1 Å². The number of piperazine rings is 1. The molecule has 2 heterocycles. The molecule has 1 aliphatic heterocycles.